The molecule has 5 nitrogen and oxygen atoms in total. The Balaban J connectivity index is 1.88. The van der Waals surface area contributed by atoms with Crippen molar-refractivity contribution in [2.45, 2.75) is 20.0 Å². The van der Waals surface area contributed by atoms with Gasteiger partial charge in [-0.05, 0) is 61.4 Å². The molecule has 1 unspecified atom stereocenters. The van der Waals surface area contributed by atoms with Gasteiger partial charge in [0.05, 0.1) is 23.3 Å². The lowest BCUT2D eigenvalue weighted by Gasteiger charge is -2.16. The average molecular weight is 322 g/mol. The van der Waals surface area contributed by atoms with Gasteiger partial charge in [0.25, 0.3) is 0 Å². The molecule has 0 radical (unpaired) electrons. The average Bonchev–Trinajstić information content (AvgIpc) is 2.59. The Bertz CT molecular complexity index is 763. The molecule has 1 N–H and O–H groups in total. The van der Waals surface area contributed by atoms with Crippen LogP contribution in [0.3, 0.4) is 0 Å². The van der Waals surface area contributed by atoms with E-state index in [4.69, 9.17) is 20.0 Å². The van der Waals surface area contributed by atoms with Crippen LogP contribution in [0, 0.1) is 36.5 Å². The van der Waals surface area contributed by atoms with Crippen molar-refractivity contribution in [3.05, 3.63) is 58.7 Å². The fraction of sp³-hybridized carbons (Fsp3) is 0.263. The number of ether oxygens (including phenoxy) is 2. The van der Waals surface area contributed by atoms with E-state index in [1.807, 2.05) is 19.9 Å². The molecule has 0 fully saturated rings. The first-order chi connectivity index (χ1) is 11.5. The predicted octanol–water partition coefficient (Wildman–Crippen LogP) is 2.87. The Morgan fingerprint density at radius 3 is 2.00 bits per heavy atom. The van der Waals surface area contributed by atoms with Crippen LogP contribution in [0.4, 0.5) is 0 Å². The van der Waals surface area contributed by atoms with Crippen LogP contribution in [0.15, 0.2) is 36.4 Å². The van der Waals surface area contributed by atoms with Crippen molar-refractivity contribution in [2.24, 2.45) is 0 Å². The molecule has 2 aromatic carbocycles. The molecule has 122 valence electrons. The van der Waals surface area contributed by atoms with Crippen LogP contribution < -0.4 is 9.47 Å². The van der Waals surface area contributed by atoms with E-state index < -0.39 is 6.10 Å². The molecule has 2 aromatic rings. The van der Waals surface area contributed by atoms with Crippen LogP contribution in [0.25, 0.3) is 0 Å². The minimum absolute atomic E-state index is 0.0836. The van der Waals surface area contributed by atoms with Gasteiger partial charge >= 0.3 is 0 Å². The van der Waals surface area contributed by atoms with E-state index >= 15 is 0 Å². The maximum atomic E-state index is 10.0. The van der Waals surface area contributed by atoms with E-state index in [0.717, 1.165) is 11.1 Å². The SMILES string of the molecule is Cc1cc(C#N)cc(C)c1OCC(O)COc1ccc(C#N)cc1. The number of aryl methyl sites for hydroxylation is 2. The van der Waals surface area contributed by atoms with E-state index in [0.29, 0.717) is 22.6 Å². The summed E-state index contributed by atoms with van der Waals surface area (Å²) < 4.78 is 11.1. The Kier molecular flexibility index (Phi) is 5.78. The lowest BCUT2D eigenvalue weighted by molar-refractivity contribution is 0.0622. The zero-order valence-corrected chi connectivity index (χ0v) is 13.6. The highest BCUT2D eigenvalue weighted by Crippen LogP contribution is 2.24. The van der Waals surface area contributed by atoms with Crippen molar-refractivity contribution in [3.8, 4) is 23.6 Å². The van der Waals surface area contributed by atoms with Crippen molar-refractivity contribution < 1.29 is 14.6 Å². The third-order valence-electron chi connectivity index (χ3n) is 3.44. The summed E-state index contributed by atoms with van der Waals surface area (Å²) >= 11 is 0. The highest BCUT2D eigenvalue weighted by molar-refractivity contribution is 5.47. The van der Waals surface area contributed by atoms with Crippen LogP contribution in [0.5, 0.6) is 11.5 Å². The molecule has 24 heavy (non-hydrogen) atoms. The number of hydrogen-bond acceptors (Lipinski definition) is 5. The molecule has 0 bridgehead atoms. The maximum absolute atomic E-state index is 10.0. The molecule has 0 aromatic heterocycles. The first-order valence-corrected chi connectivity index (χ1v) is 7.48. The van der Waals surface area contributed by atoms with Crippen molar-refractivity contribution >= 4 is 0 Å². The molecule has 0 amide bonds. The molecule has 1 atom stereocenters. The van der Waals surface area contributed by atoms with Gasteiger partial charge in [0.2, 0.25) is 0 Å². The summed E-state index contributed by atoms with van der Waals surface area (Å²) in [4.78, 5) is 0. The highest BCUT2D eigenvalue weighted by Gasteiger charge is 2.11. The molecule has 0 spiro atoms. The summed E-state index contributed by atoms with van der Waals surface area (Å²) in [6.07, 6.45) is -0.796. The number of nitriles is 2. The van der Waals surface area contributed by atoms with E-state index in [1.165, 1.54) is 0 Å². The van der Waals surface area contributed by atoms with E-state index in [2.05, 4.69) is 6.07 Å². The third kappa shape index (κ3) is 4.49. The number of nitrogens with zero attached hydrogens (tertiary/aromatic N) is 2. The summed E-state index contributed by atoms with van der Waals surface area (Å²) in [6.45, 7) is 3.90. The second kappa shape index (κ2) is 8.01. The Morgan fingerprint density at radius 1 is 0.917 bits per heavy atom. The lowest BCUT2D eigenvalue weighted by atomic mass is 10.1. The van der Waals surface area contributed by atoms with Crippen molar-refractivity contribution in [2.75, 3.05) is 13.2 Å². The quantitative estimate of drug-likeness (QED) is 0.883. The Hall–Kier alpha value is -3.02. The number of rotatable bonds is 6. The standard InChI is InChI=1S/C19H18N2O3/c1-13-7-16(10-21)8-14(2)19(13)24-12-17(22)11-23-18-5-3-15(9-20)4-6-18/h3-8,17,22H,11-12H2,1-2H3. The van der Waals surface area contributed by atoms with E-state index in [1.54, 1.807) is 36.4 Å². The van der Waals surface area contributed by atoms with Gasteiger partial charge in [0.15, 0.2) is 0 Å². The summed E-state index contributed by atoms with van der Waals surface area (Å²) in [7, 11) is 0. The molecule has 0 aliphatic heterocycles. The third-order valence-corrected chi connectivity index (χ3v) is 3.44. The zero-order valence-electron chi connectivity index (χ0n) is 13.6. The lowest BCUT2D eigenvalue weighted by Crippen LogP contribution is -2.25. The minimum Gasteiger partial charge on any atom is -0.491 e. The van der Waals surface area contributed by atoms with E-state index in [9.17, 15) is 5.11 Å². The molecule has 5 heteroatoms. The second-order valence-electron chi connectivity index (χ2n) is 5.46. The molecular weight excluding hydrogens is 304 g/mol. The number of aliphatic hydroxyl groups excluding tert-OH is 1. The van der Waals surface area contributed by atoms with Gasteiger partial charge in [-0.25, -0.2) is 0 Å². The molecule has 0 heterocycles. The summed E-state index contributed by atoms with van der Waals surface area (Å²) in [5.74, 6) is 1.25. The molecule has 0 saturated carbocycles. The van der Waals surface area contributed by atoms with E-state index in [-0.39, 0.29) is 13.2 Å². The normalized spacial score (nSPS) is 11.2. The number of aliphatic hydroxyl groups is 1. The smallest absolute Gasteiger partial charge is 0.125 e. The van der Waals surface area contributed by atoms with Crippen molar-refractivity contribution in [1.29, 1.82) is 10.5 Å². The van der Waals surface area contributed by atoms with Crippen LogP contribution in [0.2, 0.25) is 0 Å². The van der Waals surface area contributed by atoms with Gasteiger partial charge in [-0.2, -0.15) is 10.5 Å². The summed E-state index contributed by atoms with van der Waals surface area (Å²) in [6, 6.07) is 14.3. The molecule has 0 aliphatic rings. The molecule has 2 rings (SSSR count). The first kappa shape index (κ1) is 17.3. The van der Waals surface area contributed by atoms with Crippen LogP contribution in [-0.2, 0) is 0 Å². The first-order valence-electron chi connectivity index (χ1n) is 7.48. The van der Waals surface area contributed by atoms with Gasteiger partial charge in [-0.3, -0.25) is 0 Å². The molecule has 0 aliphatic carbocycles. The Morgan fingerprint density at radius 2 is 1.46 bits per heavy atom. The zero-order chi connectivity index (χ0) is 17.5. The van der Waals surface area contributed by atoms with Gasteiger partial charge in [0, 0.05) is 0 Å². The van der Waals surface area contributed by atoms with Gasteiger partial charge in [0.1, 0.15) is 30.8 Å². The van der Waals surface area contributed by atoms with Crippen LogP contribution >= 0.6 is 0 Å². The predicted molar refractivity (Wildman–Crippen MR) is 88.8 cm³/mol. The van der Waals surface area contributed by atoms with Crippen LogP contribution in [0.1, 0.15) is 22.3 Å². The number of benzene rings is 2. The second-order valence-corrected chi connectivity index (χ2v) is 5.46. The highest BCUT2D eigenvalue weighted by atomic mass is 16.5. The van der Waals surface area contributed by atoms with Gasteiger partial charge in [-0.15, -0.1) is 0 Å². The molecule has 0 saturated heterocycles. The van der Waals surface area contributed by atoms with Crippen molar-refractivity contribution in [3.63, 3.8) is 0 Å². The fourth-order valence-corrected chi connectivity index (χ4v) is 2.29. The summed E-state index contributed by atoms with van der Waals surface area (Å²) in [5.41, 5.74) is 2.85. The molecular formula is C19H18N2O3. The maximum Gasteiger partial charge on any atom is 0.125 e. The fourth-order valence-electron chi connectivity index (χ4n) is 2.29. The number of hydrogen-bond donors (Lipinski definition) is 1. The summed E-state index contributed by atoms with van der Waals surface area (Å²) in [5, 5.41) is 27.7. The van der Waals surface area contributed by atoms with Crippen LogP contribution in [-0.4, -0.2) is 24.4 Å². The van der Waals surface area contributed by atoms with Crippen molar-refractivity contribution in [1.82, 2.24) is 0 Å². The largest absolute Gasteiger partial charge is 0.491 e. The minimum atomic E-state index is -0.796. The van der Waals surface area contributed by atoms with Gasteiger partial charge in [-0.1, -0.05) is 0 Å². The Labute approximate surface area is 141 Å². The monoisotopic (exact) mass is 322 g/mol. The topological polar surface area (TPSA) is 86.3 Å². The van der Waals surface area contributed by atoms with Gasteiger partial charge < -0.3 is 14.6 Å².